The van der Waals surface area contributed by atoms with E-state index in [4.69, 9.17) is 0 Å². The number of benzene rings is 1. The van der Waals surface area contributed by atoms with Crippen molar-refractivity contribution in [3.05, 3.63) is 64.5 Å². The van der Waals surface area contributed by atoms with Crippen molar-refractivity contribution in [3.8, 4) is 9.88 Å². The molecule has 0 aliphatic heterocycles. The summed E-state index contributed by atoms with van der Waals surface area (Å²) in [7, 11) is 0. The van der Waals surface area contributed by atoms with Gasteiger partial charge < -0.3 is 4.90 Å². The number of hydrogen-bond donors (Lipinski definition) is 0. The van der Waals surface area contributed by atoms with E-state index in [2.05, 4.69) is 24.0 Å². The zero-order valence-corrected chi connectivity index (χ0v) is 15.7. The molecule has 3 nitrogen and oxygen atoms in total. The standard InChI is InChI=1S/C20H20N2OS2/c1-14(16-9-10-16)22(12-15-6-3-2-4-7-15)20(23)17-13-25-19(21-17)18-8-5-11-24-18/h2-8,11,13-14,16H,9-10,12H2,1H3. The second-order valence-electron chi connectivity index (χ2n) is 6.51. The molecule has 2 aromatic heterocycles. The third kappa shape index (κ3) is 3.67. The van der Waals surface area contributed by atoms with Crippen LogP contribution in [0.2, 0.25) is 0 Å². The second-order valence-corrected chi connectivity index (χ2v) is 8.32. The van der Waals surface area contributed by atoms with E-state index in [1.54, 1.807) is 22.7 Å². The average molecular weight is 369 g/mol. The molecule has 5 heteroatoms. The quantitative estimate of drug-likeness (QED) is 0.590. The van der Waals surface area contributed by atoms with Gasteiger partial charge in [0.1, 0.15) is 10.7 Å². The Kier molecular flexibility index (Phi) is 4.68. The fourth-order valence-corrected chi connectivity index (χ4v) is 4.65. The fourth-order valence-electron chi connectivity index (χ4n) is 3.05. The average Bonchev–Trinajstić information content (AvgIpc) is 3.13. The molecule has 1 amide bonds. The Morgan fingerprint density at radius 2 is 2.00 bits per heavy atom. The van der Waals surface area contributed by atoms with Crippen LogP contribution in [0.25, 0.3) is 9.88 Å². The Balaban J connectivity index is 1.59. The monoisotopic (exact) mass is 368 g/mol. The van der Waals surface area contributed by atoms with Crippen LogP contribution in [-0.2, 0) is 6.54 Å². The Morgan fingerprint density at radius 3 is 2.68 bits per heavy atom. The summed E-state index contributed by atoms with van der Waals surface area (Å²) in [5.74, 6) is 0.672. The van der Waals surface area contributed by atoms with Crippen molar-refractivity contribution in [1.82, 2.24) is 9.88 Å². The van der Waals surface area contributed by atoms with Crippen molar-refractivity contribution in [1.29, 1.82) is 0 Å². The van der Waals surface area contributed by atoms with Crippen molar-refractivity contribution in [2.45, 2.75) is 32.4 Å². The molecule has 1 aromatic carbocycles. The van der Waals surface area contributed by atoms with E-state index < -0.39 is 0 Å². The number of hydrogen-bond acceptors (Lipinski definition) is 4. The first kappa shape index (κ1) is 16.5. The second kappa shape index (κ2) is 7.10. The van der Waals surface area contributed by atoms with E-state index in [1.807, 2.05) is 46.0 Å². The minimum atomic E-state index is 0.0438. The van der Waals surface area contributed by atoms with Crippen LogP contribution in [0.15, 0.2) is 53.2 Å². The number of amides is 1. The molecule has 1 atom stereocenters. The van der Waals surface area contributed by atoms with Gasteiger partial charge in [-0.15, -0.1) is 22.7 Å². The smallest absolute Gasteiger partial charge is 0.273 e. The molecule has 1 fully saturated rings. The van der Waals surface area contributed by atoms with Crippen LogP contribution >= 0.6 is 22.7 Å². The molecule has 4 rings (SSSR count). The summed E-state index contributed by atoms with van der Waals surface area (Å²) >= 11 is 3.20. The first-order chi connectivity index (χ1) is 12.2. The third-order valence-corrected chi connectivity index (χ3v) is 6.59. The number of carbonyl (C=O) groups excluding carboxylic acids is 1. The molecule has 25 heavy (non-hydrogen) atoms. The summed E-state index contributed by atoms with van der Waals surface area (Å²) in [6.07, 6.45) is 2.44. The van der Waals surface area contributed by atoms with Gasteiger partial charge in [0.15, 0.2) is 0 Å². The first-order valence-corrected chi connectivity index (χ1v) is 10.3. The lowest BCUT2D eigenvalue weighted by Gasteiger charge is -2.29. The van der Waals surface area contributed by atoms with E-state index in [9.17, 15) is 4.79 Å². The fraction of sp³-hybridized carbons (Fsp3) is 0.300. The van der Waals surface area contributed by atoms with Crippen LogP contribution in [0.3, 0.4) is 0 Å². The molecule has 1 unspecified atom stereocenters. The molecule has 0 spiro atoms. The molecule has 1 aliphatic carbocycles. The first-order valence-electron chi connectivity index (χ1n) is 8.56. The lowest BCUT2D eigenvalue weighted by atomic mass is 10.1. The largest absolute Gasteiger partial charge is 0.330 e. The zero-order chi connectivity index (χ0) is 17.2. The number of rotatable bonds is 6. The van der Waals surface area contributed by atoms with Gasteiger partial charge in [-0.25, -0.2) is 4.98 Å². The molecule has 3 aromatic rings. The number of thiophene rings is 1. The third-order valence-electron chi connectivity index (χ3n) is 4.71. The highest BCUT2D eigenvalue weighted by molar-refractivity contribution is 7.20. The molecule has 2 heterocycles. The van der Waals surface area contributed by atoms with Crippen LogP contribution in [0.4, 0.5) is 0 Å². The van der Waals surface area contributed by atoms with Crippen molar-refractivity contribution in [2.75, 3.05) is 0 Å². The summed E-state index contributed by atoms with van der Waals surface area (Å²) in [5.41, 5.74) is 1.73. The van der Waals surface area contributed by atoms with Gasteiger partial charge in [0.25, 0.3) is 5.91 Å². The van der Waals surface area contributed by atoms with Gasteiger partial charge in [0.2, 0.25) is 0 Å². The number of thiazole rings is 1. The van der Waals surface area contributed by atoms with E-state index in [0.717, 1.165) is 15.4 Å². The number of carbonyl (C=O) groups is 1. The van der Waals surface area contributed by atoms with Gasteiger partial charge in [-0.3, -0.25) is 4.79 Å². The summed E-state index contributed by atoms with van der Waals surface area (Å²) in [6.45, 7) is 2.81. The lowest BCUT2D eigenvalue weighted by Crippen LogP contribution is -2.39. The molecule has 1 saturated carbocycles. The molecule has 0 saturated heterocycles. The molecule has 0 radical (unpaired) electrons. The van der Waals surface area contributed by atoms with Crippen molar-refractivity contribution in [2.24, 2.45) is 5.92 Å². The SMILES string of the molecule is CC(C1CC1)N(Cc1ccccc1)C(=O)c1csc(-c2cccs2)n1. The summed E-state index contributed by atoms with van der Waals surface area (Å²) < 4.78 is 0. The molecule has 0 N–H and O–H groups in total. The Bertz CT molecular complexity index is 838. The Morgan fingerprint density at radius 1 is 1.20 bits per heavy atom. The zero-order valence-electron chi connectivity index (χ0n) is 14.1. The predicted octanol–water partition coefficient (Wildman–Crippen LogP) is 5.31. The van der Waals surface area contributed by atoms with Gasteiger partial charge in [-0.1, -0.05) is 36.4 Å². The maximum absolute atomic E-state index is 13.2. The summed E-state index contributed by atoms with van der Waals surface area (Å²) in [4.78, 5) is 20.9. The Hall–Kier alpha value is -1.98. The molecule has 0 bridgehead atoms. The van der Waals surface area contributed by atoms with Crippen LogP contribution in [0.1, 0.15) is 35.8 Å². The highest BCUT2D eigenvalue weighted by Crippen LogP contribution is 2.36. The molecular weight excluding hydrogens is 348 g/mol. The van der Waals surface area contributed by atoms with E-state index in [0.29, 0.717) is 18.2 Å². The van der Waals surface area contributed by atoms with Crippen LogP contribution in [0, 0.1) is 5.92 Å². The maximum Gasteiger partial charge on any atom is 0.273 e. The highest BCUT2D eigenvalue weighted by Gasteiger charge is 2.35. The minimum absolute atomic E-state index is 0.0438. The van der Waals surface area contributed by atoms with Crippen molar-refractivity contribution < 1.29 is 4.79 Å². The van der Waals surface area contributed by atoms with Gasteiger partial charge in [-0.2, -0.15) is 0 Å². The number of nitrogens with zero attached hydrogens (tertiary/aromatic N) is 2. The highest BCUT2D eigenvalue weighted by atomic mass is 32.1. The van der Waals surface area contributed by atoms with Gasteiger partial charge in [0, 0.05) is 18.0 Å². The topological polar surface area (TPSA) is 33.2 Å². The van der Waals surface area contributed by atoms with E-state index in [1.165, 1.54) is 12.8 Å². The maximum atomic E-state index is 13.2. The Labute approximate surface area is 156 Å². The number of aromatic nitrogens is 1. The molecular formula is C20H20N2OS2. The lowest BCUT2D eigenvalue weighted by molar-refractivity contribution is 0.0649. The van der Waals surface area contributed by atoms with E-state index >= 15 is 0 Å². The normalized spacial score (nSPS) is 15.1. The molecule has 1 aliphatic rings. The van der Waals surface area contributed by atoms with Crippen LogP contribution in [0.5, 0.6) is 0 Å². The van der Waals surface area contributed by atoms with Gasteiger partial charge in [0.05, 0.1) is 4.88 Å². The van der Waals surface area contributed by atoms with Crippen molar-refractivity contribution >= 4 is 28.6 Å². The van der Waals surface area contributed by atoms with E-state index in [-0.39, 0.29) is 11.9 Å². The summed E-state index contributed by atoms with van der Waals surface area (Å²) in [6, 6.07) is 14.5. The van der Waals surface area contributed by atoms with Crippen molar-refractivity contribution in [3.63, 3.8) is 0 Å². The van der Waals surface area contributed by atoms with Crippen LogP contribution in [-0.4, -0.2) is 21.8 Å². The van der Waals surface area contributed by atoms with Gasteiger partial charge >= 0.3 is 0 Å². The van der Waals surface area contributed by atoms with Crippen LogP contribution < -0.4 is 0 Å². The predicted molar refractivity (Wildman–Crippen MR) is 104 cm³/mol. The minimum Gasteiger partial charge on any atom is -0.330 e. The van der Waals surface area contributed by atoms with Gasteiger partial charge in [-0.05, 0) is 42.7 Å². The molecule has 128 valence electrons. The summed E-state index contributed by atoms with van der Waals surface area (Å²) in [5, 5.41) is 4.86.